The molecule has 1 aliphatic rings. The maximum Gasteiger partial charge on any atom is 0.238 e. The first-order valence-electron chi connectivity index (χ1n) is 7.21. The SMILES string of the molecule is Cc1ccc(C)c(NC(=O)CN2CCNCC2(C)C)c1. The summed E-state index contributed by atoms with van der Waals surface area (Å²) in [6.45, 7) is 11.6. The van der Waals surface area contributed by atoms with Crippen molar-refractivity contribution < 1.29 is 4.79 Å². The molecule has 1 saturated heterocycles. The van der Waals surface area contributed by atoms with Gasteiger partial charge in [-0.05, 0) is 44.9 Å². The lowest BCUT2D eigenvalue weighted by molar-refractivity contribution is -0.119. The third kappa shape index (κ3) is 3.58. The van der Waals surface area contributed by atoms with Gasteiger partial charge >= 0.3 is 0 Å². The van der Waals surface area contributed by atoms with Crippen LogP contribution in [-0.2, 0) is 4.79 Å². The summed E-state index contributed by atoms with van der Waals surface area (Å²) in [6, 6.07) is 6.13. The number of hydrogen-bond acceptors (Lipinski definition) is 3. The maximum absolute atomic E-state index is 12.3. The predicted molar refractivity (Wildman–Crippen MR) is 83.1 cm³/mol. The van der Waals surface area contributed by atoms with Gasteiger partial charge in [-0.3, -0.25) is 9.69 Å². The van der Waals surface area contributed by atoms with Crippen LogP contribution in [0.25, 0.3) is 0 Å². The Morgan fingerprint density at radius 3 is 2.85 bits per heavy atom. The Morgan fingerprint density at radius 1 is 1.40 bits per heavy atom. The van der Waals surface area contributed by atoms with Crippen molar-refractivity contribution in [3.8, 4) is 0 Å². The molecule has 0 radical (unpaired) electrons. The molecule has 2 rings (SSSR count). The lowest BCUT2D eigenvalue weighted by atomic mass is 10.0. The summed E-state index contributed by atoms with van der Waals surface area (Å²) in [5, 5.41) is 6.41. The number of aryl methyl sites for hydroxylation is 2. The molecule has 110 valence electrons. The highest BCUT2D eigenvalue weighted by atomic mass is 16.2. The van der Waals surface area contributed by atoms with Gasteiger partial charge in [-0.2, -0.15) is 0 Å². The normalized spacial score (nSPS) is 18.8. The molecule has 0 saturated carbocycles. The molecular weight excluding hydrogens is 250 g/mol. The van der Waals surface area contributed by atoms with E-state index in [0.29, 0.717) is 6.54 Å². The Kier molecular flexibility index (Phi) is 4.45. The second-order valence-corrected chi connectivity index (χ2v) is 6.28. The summed E-state index contributed by atoms with van der Waals surface area (Å²) in [6.07, 6.45) is 0. The Hall–Kier alpha value is -1.39. The van der Waals surface area contributed by atoms with E-state index in [-0.39, 0.29) is 11.4 Å². The summed E-state index contributed by atoms with van der Waals surface area (Å²) in [5.41, 5.74) is 3.21. The zero-order valence-electron chi connectivity index (χ0n) is 12.9. The van der Waals surface area contributed by atoms with Crippen LogP contribution in [-0.4, -0.2) is 42.5 Å². The molecule has 4 nitrogen and oxygen atoms in total. The zero-order valence-corrected chi connectivity index (χ0v) is 12.9. The van der Waals surface area contributed by atoms with Crippen LogP contribution in [0.1, 0.15) is 25.0 Å². The summed E-state index contributed by atoms with van der Waals surface area (Å²) in [5.74, 6) is 0.0636. The highest BCUT2D eigenvalue weighted by Crippen LogP contribution is 2.18. The van der Waals surface area contributed by atoms with Crippen LogP contribution in [0.4, 0.5) is 5.69 Å². The van der Waals surface area contributed by atoms with Crippen molar-refractivity contribution in [2.24, 2.45) is 0 Å². The van der Waals surface area contributed by atoms with Gasteiger partial charge in [0.25, 0.3) is 0 Å². The fraction of sp³-hybridized carbons (Fsp3) is 0.562. The summed E-state index contributed by atoms with van der Waals surface area (Å²) >= 11 is 0. The van der Waals surface area contributed by atoms with E-state index in [1.807, 2.05) is 26.0 Å². The number of carbonyl (C=O) groups is 1. The standard InChI is InChI=1S/C16H25N3O/c1-12-5-6-13(2)14(9-12)18-15(20)10-19-8-7-17-11-16(19,3)4/h5-6,9,17H,7-8,10-11H2,1-4H3,(H,18,20). The van der Waals surface area contributed by atoms with E-state index in [4.69, 9.17) is 0 Å². The van der Waals surface area contributed by atoms with E-state index < -0.39 is 0 Å². The number of nitrogens with zero attached hydrogens (tertiary/aromatic N) is 1. The van der Waals surface area contributed by atoms with E-state index in [9.17, 15) is 4.79 Å². The Balaban J connectivity index is 2.00. The molecule has 0 atom stereocenters. The highest BCUT2D eigenvalue weighted by molar-refractivity contribution is 5.93. The van der Waals surface area contributed by atoms with Crippen molar-refractivity contribution in [1.29, 1.82) is 0 Å². The molecule has 0 unspecified atom stereocenters. The van der Waals surface area contributed by atoms with Gasteiger partial charge in [0.1, 0.15) is 0 Å². The number of hydrogen-bond donors (Lipinski definition) is 2. The Bertz CT molecular complexity index is 496. The molecule has 0 spiro atoms. The van der Waals surface area contributed by atoms with Crippen LogP contribution in [0, 0.1) is 13.8 Å². The van der Waals surface area contributed by atoms with Crippen LogP contribution >= 0.6 is 0 Å². The molecule has 1 aliphatic heterocycles. The van der Waals surface area contributed by atoms with E-state index >= 15 is 0 Å². The molecule has 20 heavy (non-hydrogen) atoms. The maximum atomic E-state index is 12.3. The van der Waals surface area contributed by atoms with E-state index in [1.165, 1.54) is 0 Å². The first kappa shape index (κ1) is 15.0. The summed E-state index contributed by atoms with van der Waals surface area (Å²) in [7, 11) is 0. The van der Waals surface area contributed by atoms with E-state index in [0.717, 1.165) is 36.4 Å². The van der Waals surface area contributed by atoms with Gasteiger partial charge in [0.2, 0.25) is 5.91 Å². The third-order valence-corrected chi connectivity index (χ3v) is 3.97. The average molecular weight is 275 g/mol. The van der Waals surface area contributed by atoms with Crippen molar-refractivity contribution in [1.82, 2.24) is 10.2 Å². The summed E-state index contributed by atoms with van der Waals surface area (Å²) in [4.78, 5) is 14.5. The molecule has 1 fully saturated rings. The molecule has 0 aliphatic carbocycles. The van der Waals surface area contributed by atoms with Gasteiger partial charge in [0.15, 0.2) is 0 Å². The minimum atomic E-state index is 0.0250. The number of nitrogens with one attached hydrogen (secondary N) is 2. The van der Waals surface area contributed by atoms with Crippen LogP contribution < -0.4 is 10.6 Å². The van der Waals surface area contributed by atoms with Gasteiger partial charge < -0.3 is 10.6 Å². The van der Waals surface area contributed by atoms with Crippen LogP contribution in [0.2, 0.25) is 0 Å². The first-order chi connectivity index (χ1) is 9.38. The lowest BCUT2D eigenvalue weighted by Crippen LogP contribution is -2.59. The van der Waals surface area contributed by atoms with Gasteiger partial charge in [-0.25, -0.2) is 0 Å². The minimum Gasteiger partial charge on any atom is -0.325 e. The average Bonchev–Trinajstić information content (AvgIpc) is 2.36. The first-order valence-corrected chi connectivity index (χ1v) is 7.21. The van der Waals surface area contributed by atoms with Crippen molar-refractivity contribution in [2.75, 3.05) is 31.5 Å². The van der Waals surface area contributed by atoms with E-state index in [1.54, 1.807) is 0 Å². The fourth-order valence-electron chi connectivity index (χ4n) is 2.55. The van der Waals surface area contributed by atoms with Crippen LogP contribution in [0.15, 0.2) is 18.2 Å². The molecule has 0 bridgehead atoms. The fourth-order valence-corrected chi connectivity index (χ4v) is 2.55. The van der Waals surface area contributed by atoms with Gasteiger partial charge in [-0.15, -0.1) is 0 Å². The molecule has 0 aromatic heterocycles. The Labute approximate surface area is 121 Å². The number of rotatable bonds is 3. The molecule has 1 aromatic rings. The number of anilines is 1. The molecular formula is C16H25N3O. The smallest absolute Gasteiger partial charge is 0.238 e. The topological polar surface area (TPSA) is 44.4 Å². The van der Waals surface area contributed by atoms with Gasteiger partial charge in [0.05, 0.1) is 6.54 Å². The van der Waals surface area contributed by atoms with Gasteiger partial charge in [0, 0.05) is 30.9 Å². The van der Waals surface area contributed by atoms with Crippen molar-refractivity contribution in [3.05, 3.63) is 29.3 Å². The van der Waals surface area contributed by atoms with Crippen molar-refractivity contribution >= 4 is 11.6 Å². The zero-order chi connectivity index (χ0) is 14.8. The monoisotopic (exact) mass is 275 g/mol. The summed E-state index contributed by atoms with van der Waals surface area (Å²) < 4.78 is 0. The van der Waals surface area contributed by atoms with Crippen LogP contribution in [0.5, 0.6) is 0 Å². The largest absolute Gasteiger partial charge is 0.325 e. The number of amides is 1. The molecule has 1 heterocycles. The van der Waals surface area contributed by atoms with Crippen molar-refractivity contribution in [3.63, 3.8) is 0 Å². The minimum absolute atomic E-state index is 0.0250. The third-order valence-electron chi connectivity index (χ3n) is 3.97. The molecule has 1 aromatic carbocycles. The number of carbonyl (C=O) groups excluding carboxylic acids is 1. The second-order valence-electron chi connectivity index (χ2n) is 6.28. The number of benzene rings is 1. The predicted octanol–water partition coefficient (Wildman–Crippen LogP) is 1.93. The molecule has 4 heteroatoms. The Morgan fingerprint density at radius 2 is 2.15 bits per heavy atom. The highest BCUT2D eigenvalue weighted by Gasteiger charge is 2.30. The molecule has 2 N–H and O–H groups in total. The van der Waals surface area contributed by atoms with Crippen LogP contribution in [0.3, 0.4) is 0 Å². The molecule has 1 amide bonds. The quantitative estimate of drug-likeness (QED) is 0.886. The van der Waals surface area contributed by atoms with Gasteiger partial charge in [-0.1, -0.05) is 12.1 Å². The van der Waals surface area contributed by atoms with E-state index in [2.05, 4.69) is 35.4 Å². The van der Waals surface area contributed by atoms with Crippen molar-refractivity contribution in [2.45, 2.75) is 33.2 Å². The number of piperazine rings is 1. The second kappa shape index (κ2) is 5.94. The lowest BCUT2D eigenvalue weighted by Gasteiger charge is -2.42.